The van der Waals surface area contributed by atoms with Gasteiger partial charge in [-0.1, -0.05) is 18.2 Å². The highest BCUT2D eigenvalue weighted by Crippen LogP contribution is 2.39. The van der Waals surface area contributed by atoms with Gasteiger partial charge in [0.15, 0.2) is 0 Å². The molecule has 3 heteroatoms. The first kappa shape index (κ1) is 10.1. The van der Waals surface area contributed by atoms with Crippen molar-refractivity contribution in [1.82, 2.24) is 4.98 Å². The monoisotopic (exact) mass is 225 g/mol. The molecule has 1 aliphatic rings. The van der Waals surface area contributed by atoms with Crippen LogP contribution in [0.4, 0.5) is 17.1 Å². The van der Waals surface area contributed by atoms with E-state index < -0.39 is 0 Å². The van der Waals surface area contributed by atoms with Crippen LogP contribution in [0.3, 0.4) is 0 Å². The van der Waals surface area contributed by atoms with Gasteiger partial charge < -0.3 is 9.80 Å². The Labute approximate surface area is 101 Å². The van der Waals surface area contributed by atoms with Gasteiger partial charge in [-0.15, -0.1) is 0 Å². The maximum Gasteiger partial charge on any atom is 0.0950 e. The maximum absolute atomic E-state index is 4.19. The minimum Gasteiger partial charge on any atom is -0.354 e. The van der Waals surface area contributed by atoms with Gasteiger partial charge >= 0.3 is 0 Å². The first-order valence-corrected chi connectivity index (χ1v) is 5.75. The molecule has 17 heavy (non-hydrogen) atoms. The van der Waals surface area contributed by atoms with Crippen molar-refractivity contribution in [2.75, 3.05) is 23.5 Å². The summed E-state index contributed by atoms with van der Waals surface area (Å²) >= 11 is 0. The summed E-state index contributed by atoms with van der Waals surface area (Å²) in [5, 5.41) is 0. The van der Waals surface area contributed by atoms with E-state index >= 15 is 0 Å². The molecule has 0 saturated carbocycles. The number of hydrogen-bond donors (Lipinski definition) is 0. The minimum atomic E-state index is 0.881. The number of aromatic nitrogens is 1. The summed E-state index contributed by atoms with van der Waals surface area (Å²) < 4.78 is 0. The van der Waals surface area contributed by atoms with E-state index in [2.05, 4.69) is 59.1 Å². The quantitative estimate of drug-likeness (QED) is 0.744. The number of rotatable bonds is 1. The van der Waals surface area contributed by atoms with Crippen LogP contribution in [0.1, 0.15) is 5.56 Å². The van der Waals surface area contributed by atoms with Crippen molar-refractivity contribution in [2.45, 2.75) is 6.92 Å². The van der Waals surface area contributed by atoms with Gasteiger partial charge in [-0.2, -0.15) is 0 Å². The Morgan fingerprint density at radius 3 is 2.71 bits per heavy atom. The van der Waals surface area contributed by atoms with Crippen LogP contribution in [0.15, 0.2) is 42.7 Å². The lowest BCUT2D eigenvalue weighted by Gasteiger charge is -2.21. The average molecular weight is 225 g/mol. The Bertz CT molecular complexity index is 551. The van der Waals surface area contributed by atoms with E-state index in [1.54, 1.807) is 0 Å². The van der Waals surface area contributed by atoms with Crippen LogP contribution in [-0.2, 0) is 0 Å². The molecule has 86 valence electrons. The zero-order valence-electron chi connectivity index (χ0n) is 10.1. The molecule has 3 nitrogen and oxygen atoms in total. The normalized spacial score (nSPS) is 14.0. The molecule has 2 aromatic rings. The zero-order valence-corrected chi connectivity index (χ0v) is 10.1. The van der Waals surface area contributed by atoms with E-state index in [-0.39, 0.29) is 0 Å². The van der Waals surface area contributed by atoms with Gasteiger partial charge in [0.25, 0.3) is 0 Å². The molecule has 0 N–H and O–H groups in total. The molecule has 1 aromatic heterocycles. The van der Waals surface area contributed by atoms with Crippen LogP contribution in [-0.4, -0.2) is 18.7 Å². The topological polar surface area (TPSA) is 19.4 Å². The van der Waals surface area contributed by atoms with Gasteiger partial charge in [0, 0.05) is 18.9 Å². The van der Waals surface area contributed by atoms with Gasteiger partial charge in [-0.25, -0.2) is 0 Å². The Balaban J connectivity index is 2.11. The fraction of sp³-hybridized carbons (Fsp3) is 0.214. The van der Waals surface area contributed by atoms with Crippen molar-refractivity contribution in [1.29, 1.82) is 0 Å². The van der Waals surface area contributed by atoms with Crippen molar-refractivity contribution < 1.29 is 0 Å². The fourth-order valence-electron chi connectivity index (χ4n) is 2.34. The standard InChI is InChI=1S/C14H15N3/c1-11-5-3-4-6-12(11)17-10-16(2)14-9-15-8-7-13(14)17/h3-9H,10H2,1-2H3. The van der Waals surface area contributed by atoms with Crippen LogP contribution in [0, 0.1) is 6.92 Å². The SMILES string of the molecule is Cc1ccccc1N1CN(C)c2cnccc21. The number of benzene rings is 1. The Hall–Kier alpha value is -2.03. The summed E-state index contributed by atoms with van der Waals surface area (Å²) in [7, 11) is 2.10. The van der Waals surface area contributed by atoms with Crippen molar-refractivity contribution in [3.8, 4) is 0 Å². The molecule has 0 atom stereocenters. The second-order valence-corrected chi connectivity index (χ2v) is 4.42. The summed E-state index contributed by atoms with van der Waals surface area (Å²) in [6, 6.07) is 10.5. The summed E-state index contributed by atoms with van der Waals surface area (Å²) in [5.74, 6) is 0. The first-order valence-electron chi connectivity index (χ1n) is 5.75. The molecular weight excluding hydrogens is 210 g/mol. The van der Waals surface area contributed by atoms with Crippen LogP contribution >= 0.6 is 0 Å². The minimum absolute atomic E-state index is 0.881. The third-order valence-corrected chi connectivity index (χ3v) is 3.24. The van der Waals surface area contributed by atoms with E-state index in [1.807, 2.05) is 12.4 Å². The number of hydrogen-bond acceptors (Lipinski definition) is 3. The third-order valence-electron chi connectivity index (χ3n) is 3.24. The number of anilines is 3. The van der Waals surface area contributed by atoms with Crippen LogP contribution in [0.25, 0.3) is 0 Å². The first-order chi connectivity index (χ1) is 8.27. The van der Waals surface area contributed by atoms with Gasteiger partial charge in [0.1, 0.15) is 0 Å². The second kappa shape index (κ2) is 3.77. The lowest BCUT2D eigenvalue weighted by atomic mass is 10.2. The molecule has 1 aliphatic heterocycles. The van der Waals surface area contributed by atoms with E-state index in [9.17, 15) is 0 Å². The number of para-hydroxylation sites is 1. The maximum atomic E-state index is 4.19. The average Bonchev–Trinajstić information content (AvgIpc) is 2.68. The highest BCUT2D eigenvalue weighted by Gasteiger charge is 2.24. The van der Waals surface area contributed by atoms with Crippen LogP contribution in [0.5, 0.6) is 0 Å². The molecule has 0 amide bonds. The van der Waals surface area contributed by atoms with Crippen molar-refractivity contribution in [3.63, 3.8) is 0 Å². The van der Waals surface area contributed by atoms with Crippen molar-refractivity contribution >= 4 is 17.1 Å². The fourth-order valence-corrected chi connectivity index (χ4v) is 2.34. The largest absolute Gasteiger partial charge is 0.354 e. The van der Waals surface area contributed by atoms with Crippen LogP contribution < -0.4 is 9.80 Å². The lowest BCUT2D eigenvalue weighted by molar-refractivity contribution is 0.945. The summed E-state index contributed by atoms with van der Waals surface area (Å²) in [6.07, 6.45) is 3.77. The molecule has 0 saturated heterocycles. The van der Waals surface area contributed by atoms with Crippen LogP contribution in [0.2, 0.25) is 0 Å². The molecule has 0 aliphatic carbocycles. The van der Waals surface area contributed by atoms with Crippen molar-refractivity contribution in [3.05, 3.63) is 48.3 Å². The van der Waals surface area contributed by atoms with E-state index in [0.717, 1.165) is 6.67 Å². The number of aryl methyl sites for hydroxylation is 1. The van der Waals surface area contributed by atoms with E-state index in [4.69, 9.17) is 0 Å². The molecule has 3 rings (SSSR count). The molecule has 1 aromatic carbocycles. The molecule has 0 bridgehead atoms. The van der Waals surface area contributed by atoms with Crippen molar-refractivity contribution in [2.24, 2.45) is 0 Å². The predicted molar refractivity (Wildman–Crippen MR) is 70.8 cm³/mol. The number of nitrogens with zero attached hydrogens (tertiary/aromatic N) is 3. The lowest BCUT2D eigenvalue weighted by Crippen LogP contribution is -2.24. The van der Waals surface area contributed by atoms with Gasteiger partial charge in [0.2, 0.25) is 0 Å². The molecule has 0 spiro atoms. The highest BCUT2D eigenvalue weighted by molar-refractivity contribution is 5.82. The predicted octanol–water partition coefficient (Wildman–Crippen LogP) is 2.94. The Morgan fingerprint density at radius 2 is 1.88 bits per heavy atom. The Morgan fingerprint density at radius 1 is 1.06 bits per heavy atom. The molecule has 0 unspecified atom stereocenters. The van der Waals surface area contributed by atoms with E-state index in [1.165, 1.54) is 22.6 Å². The smallest absolute Gasteiger partial charge is 0.0950 e. The summed E-state index contributed by atoms with van der Waals surface area (Å²) in [5.41, 5.74) is 4.99. The molecule has 0 fully saturated rings. The highest BCUT2D eigenvalue weighted by atomic mass is 15.4. The van der Waals surface area contributed by atoms with Gasteiger partial charge in [-0.3, -0.25) is 4.98 Å². The van der Waals surface area contributed by atoms with Gasteiger partial charge in [-0.05, 0) is 24.6 Å². The molecular formula is C14H15N3. The third kappa shape index (κ3) is 1.55. The molecule has 0 radical (unpaired) electrons. The second-order valence-electron chi connectivity index (χ2n) is 4.42. The number of pyridine rings is 1. The molecule has 2 heterocycles. The zero-order chi connectivity index (χ0) is 11.8. The van der Waals surface area contributed by atoms with E-state index in [0.29, 0.717) is 0 Å². The number of fused-ring (bicyclic) bond motifs is 1. The van der Waals surface area contributed by atoms with Gasteiger partial charge in [0.05, 0.1) is 24.2 Å². The summed E-state index contributed by atoms with van der Waals surface area (Å²) in [4.78, 5) is 8.73. The Kier molecular flexibility index (Phi) is 2.25. The summed E-state index contributed by atoms with van der Waals surface area (Å²) in [6.45, 7) is 3.03.